The van der Waals surface area contributed by atoms with Crippen LogP contribution in [0.1, 0.15) is 11.1 Å². The van der Waals surface area contributed by atoms with E-state index in [0.29, 0.717) is 0 Å². The highest BCUT2D eigenvalue weighted by molar-refractivity contribution is 5.50. The summed E-state index contributed by atoms with van der Waals surface area (Å²) in [7, 11) is 0. The van der Waals surface area contributed by atoms with E-state index < -0.39 is 0 Å². The van der Waals surface area contributed by atoms with E-state index >= 15 is 0 Å². The van der Waals surface area contributed by atoms with Crippen LogP contribution in [0.15, 0.2) is 52.7 Å². The van der Waals surface area contributed by atoms with E-state index in [1.165, 1.54) is 5.56 Å². The minimum atomic E-state index is 0.732. The van der Waals surface area contributed by atoms with Gasteiger partial charge in [-0.1, -0.05) is 12.1 Å². The molecular weight excluding hydrogens is 210 g/mol. The molecule has 0 atom stereocenters. The van der Waals surface area contributed by atoms with Crippen molar-refractivity contribution in [2.45, 2.75) is 13.8 Å². The van der Waals surface area contributed by atoms with E-state index in [4.69, 9.17) is 5.73 Å². The average molecular weight is 225 g/mol. The molecule has 0 aliphatic rings. The monoisotopic (exact) mass is 225 g/mol. The van der Waals surface area contributed by atoms with Gasteiger partial charge in [-0.2, -0.15) is 10.2 Å². The molecule has 0 saturated heterocycles. The SMILES string of the molecule is Cc1ccc(C)c(N=Nc2ccc(N)cc2)c1. The van der Waals surface area contributed by atoms with Crippen molar-refractivity contribution >= 4 is 17.1 Å². The lowest BCUT2D eigenvalue weighted by atomic mass is 10.1. The third-order valence-corrected chi connectivity index (χ3v) is 2.53. The zero-order chi connectivity index (χ0) is 12.3. The Morgan fingerprint density at radius 1 is 0.882 bits per heavy atom. The van der Waals surface area contributed by atoms with Crippen molar-refractivity contribution in [3.05, 3.63) is 53.6 Å². The normalized spacial score (nSPS) is 10.9. The number of azo groups is 1. The van der Waals surface area contributed by atoms with Crippen LogP contribution < -0.4 is 5.73 Å². The highest BCUT2D eigenvalue weighted by atomic mass is 15.1. The minimum absolute atomic E-state index is 0.732. The number of nitrogens with zero attached hydrogens (tertiary/aromatic N) is 2. The van der Waals surface area contributed by atoms with E-state index in [1.54, 1.807) is 0 Å². The Morgan fingerprint density at radius 3 is 2.29 bits per heavy atom. The van der Waals surface area contributed by atoms with Crippen LogP contribution >= 0.6 is 0 Å². The minimum Gasteiger partial charge on any atom is -0.399 e. The molecule has 0 fully saturated rings. The molecule has 3 heteroatoms. The molecular formula is C14H15N3. The highest BCUT2D eigenvalue weighted by Crippen LogP contribution is 2.23. The lowest BCUT2D eigenvalue weighted by Gasteiger charge is -2.00. The quantitative estimate of drug-likeness (QED) is 0.601. The summed E-state index contributed by atoms with van der Waals surface area (Å²) in [5.41, 5.74) is 10.4. The third kappa shape index (κ3) is 2.91. The van der Waals surface area contributed by atoms with Crippen LogP contribution in [0.5, 0.6) is 0 Å². The fraction of sp³-hybridized carbons (Fsp3) is 0.143. The molecule has 0 spiro atoms. The number of nitrogen functional groups attached to an aromatic ring is 1. The molecule has 0 heterocycles. The molecule has 0 amide bonds. The first-order valence-electron chi connectivity index (χ1n) is 5.50. The van der Waals surface area contributed by atoms with Gasteiger partial charge >= 0.3 is 0 Å². The topological polar surface area (TPSA) is 50.7 Å². The number of aryl methyl sites for hydroxylation is 2. The van der Waals surface area contributed by atoms with Crippen LogP contribution in [0, 0.1) is 13.8 Å². The van der Waals surface area contributed by atoms with E-state index in [1.807, 2.05) is 50.2 Å². The van der Waals surface area contributed by atoms with Crippen molar-refractivity contribution < 1.29 is 0 Å². The Hall–Kier alpha value is -2.16. The first kappa shape index (κ1) is 11.3. The number of rotatable bonds is 2. The molecule has 0 aliphatic heterocycles. The van der Waals surface area contributed by atoms with E-state index in [0.717, 1.165) is 22.6 Å². The molecule has 0 unspecified atom stereocenters. The van der Waals surface area contributed by atoms with Crippen molar-refractivity contribution in [2.75, 3.05) is 5.73 Å². The van der Waals surface area contributed by atoms with Gasteiger partial charge in [0.2, 0.25) is 0 Å². The van der Waals surface area contributed by atoms with Crippen LogP contribution in [0.4, 0.5) is 17.1 Å². The Bertz CT molecular complexity index is 542. The molecule has 2 N–H and O–H groups in total. The predicted molar refractivity (Wildman–Crippen MR) is 70.9 cm³/mol. The van der Waals surface area contributed by atoms with Crippen molar-refractivity contribution in [2.24, 2.45) is 10.2 Å². The summed E-state index contributed by atoms with van der Waals surface area (Å²) in [6.07, 6.45) is 0. The smallest absolute Gasteiger partial charge is 0.0888 e. The molecule has 0 aromatic heterocycles. The molecule has 2 aromatic rings. The molecule has 0 bridgehead atoms. The number of benzene rings is 2. The van der Waals surface area contributed by atoms with Crippen LogP contribution in [0.25, 0.3) is 0 Å². The van der Waals surface area contributed by atoms with Crippen LogP contribution in [-0.4, -0.2) is 0 Å². The predicted octanol–water partition coefficient (Wildman–Crippen LogP) is 4.30. The maximum atomic E-state index is 5.61. The van der Waals surface area contributed by atoms with E-state index in [9.17, 15) is 0 Å². The molecule has 0 aliphatic carbocycles. The first-order valence-corrected chi connectivity index (χ1v) is 5.50. The van der Waals surface area contributed by atoms with Crippen LogP contribution in [0.3, 0.4) is 0 Å². The number of hydrogen-bond acceptors (Lipinski definition) is 3. The standard InChI is InChI=1S/C14H15N3/c1-10-3-4-11(2)14(9-10)17-16-13-7-5-12(15)6-8-13/h3-9H,15H2,1-2H3. The van der Waals surface area contributed by atoms with Gasteiger partial charge in [0.1, 0.15) is 0 Å². The largest absolute Gasteiger partial charge is 0.399 e. The second-order valence-electron chi connectivity index (χ2n) is 4.08. The van der Waals surface area contributed by atoms with Gasteiger partial charge in [0.15, 0.2) is 0 Å². The molecule has 0 saturated carbocycles. The van der Waals surface area contributed by atoms with Gasteiger partial charge in [-0.3, -0.25) is 0 Å². The van der Waals surface area contributed by atoms with E-state index in [-0.39, 0.29) is 0 Å². The summed E-state index contributed by atoms with van der Waals surface area (Å²) in [4.78, 5) is 0. The first-order chi connectivity index (χ1) is 8.15. The average Bonchev–Trinajstić information content (AvgIpc) is 2.32. The third-order valence-electron chi connectivity index (χ3n) is 2.53. The number of anilines is 1. The van der Waals surface area contributed by atoms with Gasteiger partial charge in [-0.25, -0.2) is 0 Å². The maximum Gasteiger partial charge on any atom is 0.0888 e. The Balaban J connectivity index is 2.25. The van der Waals surface area contributed by atoms with Gasteiger partial charge in [0.25, 0.3) is 0 Å². The fourth-order valence-corrected chi connectivity index (χ4v) is 1.48. The highest BCUT2D eigenvalue weighted by Gasteiger charge is 1.96. The number of nitrogens with two attached hydrogens (primary N) is 1. The maximum absolute atomic E-state index is 5.61. The molecule has 17 heavy (non-hydrogen) atoms. The van der Waals surface area contributed by atoms with Gasteiger partial charge in [-0.15, -0.1) is 0 Å². The van der Waals surface area contributed by atoms with Crippen molar-refractivity contribution in [3.63, 3.8) is 0 Å². The van der Waals surface area contributed by atoms with Gasteiger partial charge in [0.05, 0.1) is 11.4 Å². The summed E-state index contributed by atoms with van der Waals surface area (Å²) in [6.45, 7) is 4.07. The second kappa shape index (κ2) is 4.78. The lowest BCUT2D eigenvalue weighted by molar-refractivity contribution is 1.20. The Labute approximate surface area is 101 Å². The zero-order valence-corrected chi connectivity index (χ0v) is 10.0. The van der Waals surface area contributed by atoms with E-state index in [2.05, 4.69) is 16.3 Å². The number of hydrogen-bond donors (Lipinski definition) is 1. The Morgan fingerprint density at radius 2 is 1.59 bits per heavy atom. The zero-order valence-electron chi connectivity index (χ0n) is 10.0. The second-order valence-corrected chi connectivity index (χ2v) is 4.08. The molecule has 3 nitrogen and oxygen atoms in total. The van der Waals surface area contributed by atoms with Crippen LogP contribution in [0.2, 0.25) is 0 Å². The Kier molecular flexibility index (Phi) is 3.19. The van der Waals surface area contributed by atoms with Crippen molar-refractivity contribution in [1.29, 1.82) is 0 Å². The molecule has 2 aromatic carbocycles. The van der Waals surface area contributed by atoms with Crippen LogP contribution in [-0.2, 0) is 0 Å². The summed E-state index contributed by atoms with van der Waals surface area (Å²) >= 11 is 0. The van der Waals surface area contributed by atoms with Gasteiger partial charge in [0, 0.05) is 5.69 Å². The van der Waals surface area contributed by atoms with Crippen molar-refractivity contribution in [3.8, 4) is 0 Å². The lowest BCUT2D eigenvalue weighted by Crippen LogP contribution is -1.80. The summed E-state index contributed by atoms with van der Waals surface area (Å²) in [6, 6.07) is 13.5. The summed E-state index contributed by atoms with van der Waals surface area (Å²) in [5.74, 6) is 0. The molecule has 2 rings (SSSR count). The fourth-order valence-electron chi connectivity index (χ4n) is 1.48. The molecule has 0 radical (unpaired) electrons. The molecule has 86 valence electrons. The van der Waals surface area contributed by atoms with Gasteiger partial charge in [-0.05, 0) is 55.3 Å². The van der Waals surface area contributed by atoms with Crippen molar-refractivity contribution in [1.82, 2.24) is 0 Å². The summed E-state index contributed by atoms with van der Waals surface area (Å²) < 4.78 is 0. The van der Waals surface area contributed by atoms with Gasteiger partial charge < -0.3 is 5.73 Å². The summed E-state index contributed by atoms with van der Waals surface area (Å²) in [5, 5.41) is 8.44.